The number of nitrogens with zero attached hydrogens (tertiary/aromatic N) is 3. The third-order valence-corrected chi connectivity index (χ3v) is 7.57. The Balaban J connectivity index is 1.49. The van der Waals surface area contributed by atoms with Crippen LogP contribution in [0.1, 0.15) is 49.7 Å². The number of nitriles is 1. The molecule has 168 valence electrons. The van der Waals surface area contributed by atoms with Gasteiger partial charge in [-0.2, -0.15) is 5.26 Å². The summed E-state index contributed by atoms with van der Waals surface area (Å²) in [6, 6.07) is 22.7. The molecule has 0 unspecified atom stereocenters. The standard InChI is InChI=1S/C27H33N3O2/c28-22-26(23-10-4-1-5-11-23,24-12-6-2-7-13-24)14-19-29-20-15-27(16-21-29,25(31)32)30-17-8-3-9-18-30/h1-2,4-7,10-13H,3,8-9,14-21H2,(H,31,32). The fourth-order valence-electron chi connectivity index (χ4n) is 5.55. The Bertz CT molecular complexity index is 885. The van der Waals surface area contributed by atoms with Gasteiger partial charge in [0.2, 0.25) is 0 Å². The Labute approximate surface area is 191 Å². The molecule has 0 radical (unpaired) electrons. The number of carboxylic acid groups (broad SMARTS) is 1. The normalized spacial score (nSPS) is 19.8. The minimum Gasteiger partial charge on any atom is -0.480 e. The minimum atomic E-state index is -0.720. The van der Waals surface area contributed by atoms with Crippen molar-refractivity contribution in [1.29, 1.82) is 5.26 Å². The number of carboxylic acids is 1. The van der Waals surface area contributed by atoms with Gasteiger partial charge in [0.25, 0.3) is 0 Å². The number of rotatable bonds is 7. The molecule has 32 heavy (non-hydrogen) atoms. The average molecular weight is 432 g/mol. The summed E-state index contributed by atoms with van der Waals surface area (Å²) in [6.45, 7) is 4.08. The van der Waals surface area contributed by atoms with Crippen LogP contribution in [0.3, 0.4) is 0 Å². The van der Waals surface area contributed by atoms with E-state index in [-0.39, 0.29) is 0 Å². The minimum absolute atomic E-state index is 0.651. The fourth-order valence-corrected chi connectivity index (χ4v) is 5.55. The Kier molecular flexibility index (Phi) is 6.93. The van der Waals surface area contributed by atoms with Crippen LogP contribution >= 0.6 is 0 Å². The van der Waals surface area contributed by atoms with Gasteiger partial charge >= 0.3 is 5.97 Å². The van der Waals surface area contributed by atoms with Gasteiger partial charge in [-0.3, -0.25) is 9.69 Å². The van der Waals surface area contributed by atoms with E-state index in [0.29, 0.717) is 19.3 Å². The van der Waals surface area contributed by atoms with Crippen LogP contribution in [0.4, 0.5) is 0 Å². The lowest BCUT2D eigenvalue weighted by atomic mass is 9.73. The molecule has 0 atom stereocenters. The van der Waals surface area contributed by atoms with Crippen molar-refractivity contribution in [2.24, 2.45) is 0 Å². The van der Waals surface area contributed by atoms with Gasteiger partial charge in [-0.15, -0.1) is 0 Å². The topological polar surface area (TPSA) is 67.6 Å². The zero-order valence-electron chi connectivity index (χ0n) is 18.7. The summed E-state index contributed by atoms with van der Waals surface area (Å²) in [6.07, 6.45) is 5.38. The Morgan fingerprint density at radius 3 is 1.91 bits per heavy atom. The highest BCUT2D eigenvalue weighted by Gasteiger charge is 2.47. The molecule has 0 aliphatic carbocycles. The van der Waals surface area contributed by atoms with Gasteiger partial charge in [0.1, 0.15) is 11.0 Å². The first-order chi connectivity index (χ1) is 15.6. The smallest absolute Gasteiger partial charge is 0.324 e. The van der Waals surface area contributed by atoms with Crippen molar-refractivity contribution in [3.63, 3.8) is 0 Å². The van der Waals surface area contributed by atoms with E-state index in [1.54, 1.807) is 0 Å². The molecule has 1 N–H and O–H groups in total. The average Bonchev–Trinajstić information content (AvgIpc) is 2.87. The molecule has 2 aliphatic heterocycles. The number of carbonyl (C=O) groups is 1. The first-order valence-electron chi connectivity index (χ1n) is 11.8. The molecule has 4 rings (SSSR count). The Hall–Kier alpha value is -2.68. The van der Waals surface area contributed by atoms with E-state index in [2.05, 4.69) is 15.9 Å². The fraction of sp³-hybridized carbons (Fsp3) is 0.481. The molecular weight excluding hydrogens is 398 g/mol. The summed E-state index contributed by atoms with van der Waals surface area (Å²) in [4.78, 5) is 16.9. The largest absolute Gasteiger partial charge is 0.480 e. The first kappa shape index (κ1) is 22.5. The van der Waals surface area contributed by atoms with Crippen LogP contribution in [0.2, 0.25) is 0 Å². The molecule has 0 bridgehead atoms. The highest BCUT2D eigenvalue weighted by Crippen LogP contribution is 2.37. The molecule has 0 saturated carbocycles. The van der Waals surface area contributed by atoms with Crippen LogP contribution in [0, 0.1) is 11.3 Å². The summed E-state index contributed by atoms with van der Waals surface area (Å²) in [5, 5.41) is 20.5. The molecule has 2 saturated heterocycles. The second-order valence-corrected chi connectivity index (χ2v) is 9.23. The maximum Gasteiger partial charge on any atom is 0.324 e. The van der Waals surface area contributed by atoms with Gasteiger partial charge in [-0.05, 0) is 56.3 Å². The summed E-state index contributed by atoms with van der Waals surface area (Å²) in [7, 11) is 0. The summed E-state index contributed by atoms with van der Waals surface area (Å²) in [5.41, 5.74) is 0.594. The molecule has 0 spiro atoms. The Morgan fingerprint density at radius 1 is 0.906 bits per heavy atom. The maximum absolute atomic E-state index is 12.3. The highest BCUT2D eigenvalue weighted by atomic mass is 16.4. The van der Waals surface area contributed by atoms with E-state index in [1.165, 1.54) is 6.42 Å². The van der Waals surface area contributed by atoms with Gasteiger partial charge < -0.3 is 10.0 Å². The van der Waals surface area contributed by atoms with Crippen molar-refractivity contribution in [2.75, 3.05) is 32.7 Å². The monoisotopic (exact) mass is 431 g/mol. The molecule has 2 fully saturated rings. The van der Waals surface area contributed by atoms with E-state index in [0.717, 1.165) is 56.7 Å². The number of hydrogen-bond donors (Lipinski definition) is 1. The molecule has 2 aromatic rings. The second-order valence-electron chi connectivity index (χ2n) is 9.23. The Morgan fingerprint density at radius 2 is 1.44 bits per heavy atom. The lowest BCUT2D eigenvalue weighted by Gasteiger charge is -2.47. The van der Waals surface area contributed by atoms with Crippen molar-refractivity contribution in [3.05, 3.63) is 71.8 Å². The second kappa shape index (κ2) is 9.85. The SMILES string of the molecule is N#CC(CCN1CCC(C(=O)O)(N2CCCCC2)CC1)(c1ccccc1)c1ccccc1. The van der Waals surface area contributed by atoms with Gasteiger partial charge in [0, 0.05) is 19.6 Å². The molecule has 2 aliphatic rings. The lowest BCUT2D eigenvalue weighted by Crippen LogP contribution is -2.61. The van der Waals surface area contributed by atoms with Gasteiger partial charge in [0.05, 0.1) is 6.07 Å². The first-order valence-corrected chi connectivity index (χ1v) is 11.8. The van der Waals surface area contributed by atoms with Crippen LogP contribution in [0.15, 0.2) is 60.7 Å². The van der Waals surface area contributed by atoms with E-state index < -0.39 is 16.9 Å². The van der Waals surface area contributed by atoms with Crippen LogP contribution in [-0.2, 0) is 10.2 Å². The quantitative estimate of drug-likeness (QED) is 0.708. The van der Waals surface area contributed by atoms with E-state index in [1.807, 2.05) is 60.7 Å². The van der Waals surface area contributed by atoms with Crippen molar-refractivity contribution in [2.45, 2.75) is 49.5 Å². The number of piperidine rings is 2. The van der Waals surface area contributed by atoms with Crippen molar-refractivity contribution >= 4 is 5.97 Å². The predicted molar refractivity (Wildman–Crippen MR) is 125 cm³/mol. The van der Waals surface area contributed by atoms with E-state index >= 15 is 0 Å². The molecule has 2 aromatic carbocycles. The predicted octanol–water partition coefficient (Wildman–Crippen LogP) is 4.29. The number of benzene rings is 2. The van der Waals surface area contributed by atoms with Crippen molar-refractivity contribution in [3.8, 4) is 6.07 Å². The van der Waals surface area contributed by atoms with Gasteiger partial charge in [0.15, 0.2) is 0 Å². The van der Waals surface area contributed by atoms with Gasteiger partial charge in [-0.1, -0.05) is 67.1 Å². The molecular formula is C27H33N3O2. The third kappa shape index (κ3) is 4.30. The zero-order chi connectivity index (χ0) is 22.4. The highest BCUT2D eigenvalue weighted by molar-refractivity contribution is 5.79. The van der Waals surface area contributed by atoms with Crippen LogP contribution in [0.5, 0.6) is 0 Å². The lowest BCUT2D eigenvalue weighted by molar-refractivity contribution is -0.156. The van der Waals surface area contributed by atoms with Crippen LogP contribution in [0.25, 0.3) is 0 Å². The van der Waals surface area contributed by atoms with E-state index in [9.17, 15) is 15.2 Å². The zero-order valence-corrected chi connectivity index (χ0v) is 18.7. The van der Waals surface area contributed by atoms with E-state index in [4.69, 9.17) is 0 Å². The maximum atomic E-state index is 12.3. The molecule has 0 aromatic heterocycles. The summed E-state index contributed by atoms with van der Waals surface area (Å²) >= 11 is 0. The molecule has 0 amide bonds. The number of aliphatic carboxylic acids is 1. The van der Waals surface area contributed by atoms with Crippen molar-refractivity contribution < 1.29 is 9.90 Å². The molecule has 5 heteroatoms. The van der Waals surface area contributed by atoms with Crippen molar-refractivity contribution in [1.82, 2.24) is 9.80 Å². The van der Waals surface area contributed by atoms with Crippen LogP contribution < -0.4 is 0 Å². The van der Waals surface area contributed by atoms with Gasteiger partial charge in [-0.25, -0.2) is 0 Å². The van der Waals surface area contributed by atoms with Crippen LogP contribution in [-0.4, -0.2) is 59.1 Å². The molecule has 2 heterocycles. The number of hydrogen-bond acceptors (Lipinski definition) is 4. The third-order valence-electron chi connectivity index (χ3n) is 7.57. The number of likely N-dealkylation sites (tertiary alicyclic amines) is 2. The summed E-state index contributed by atoms with van der Waals surface area (Å²) < 4.78 is 0. The molecule has 5 nitrogen and oxygen atoms in total. The summed E-state index contributed by atoms with van der Waals surface area (Å²) in [5.74, 6) is -0.668.